The lowest BCUT2D eigenvalue weighted by Gasteiger charge is -2.15. The van der Waals surface area contributed by atoms with Crippen LogP contribution >= 0.6 is 11.6 Å². The number of anilines is 1. The fourth-order valence-electron chi connectivity index (χ4n) is 2.50. The number of para-hydroxylation sites is 1. The molecule has 1 aliphatic rings. The van der Waals surface area contributed by atoms with E-state index in [9.17, 15) is 14.4 Å². The van der Waals surface area contributed by atoms with Crippen molar-refractivity contribution in [2.45, 2.75) is 6.92 Å². The van der Waals surface area contributed by atoms with E-state index in [1.54, 1.807) is 36.4 Å². The van der Waals surface area contributed by atoms with Gasteiger partial charge in [-0.2, -0.15) is 0 Å². The van der Waals surface area contributed by atoms with Crippen molar-refractivity contribution in [2.75, 3.05) is 11.9 Å². The summed E-state index contributed by atoms with van der Waals surface area (Å²) in [5, 5.41) is 3.06. The highest BCUT2D eigenvalue weighted by Crippen LogP contribution is 2.26. The number of benzene rings is 2. The Balaban J connectivity index is 1.77. The van der Waals surface area contributed by atoms with Crippen molar-refractivity contribution in [3.63, 3.8) is 0 Å². The first kappa shape index (κ1) is 15.2. The number of rotatable bonds is 3. The molecule has 0 unspecified atom stereocenters. The van der Waals surface area contributed by atoms with Crippen molar-refractivity contribution in [1.29, 1.82) is 0 Å². The third-order valence-electron chi connectivity index (χ3n) is 3.67. The van der Waals surface area contributed by atoms with Crippen LogP contribution in [0.2, 0.25) is 5.02 Å². The summed E-state index contributed by atoms with van der Waals surface area (Å²) in [6.45, 7) is 1.46. The molecule has 2 aromatic rings. The molecule has 5 nitrogen and oxygen atoms in total. The number of aryl methyl sites for hydroxylation is 1. The number of amides is 3. The fraction of sp³-hybridized carbons (Fsp3) is 0.118. The van der Waals surface area contributed by atoms with E-state index in [2.05, 4.69) is 5.32 Å². The quantitative estimate of drug-likeness (QED) is 0.881. The number of imide groups is 1. The smallest absolute Gasteiger partial charge is 0.262 e. The van der Waals surface area contributed by atoms with Crippen molar-refractivity contribution in [2.24, 2.45) is 0 Å². The van der Waals surface area contributed by atoms with E-state index < -0.39 is 17.7 Å². The second kappa shape index (κ2) is 5.85. The molecule has 6 heteroatoms. The number of nitrogens with zero attached hydrogens (tertiary/aromatic N) is 1. The summed E-state index contributed by atoms with van der Waals surface area (Å²) >= 11 is 6.06. The minimum atomic E-state index is -0.476. The number of halogens is 1. The highest BCUT2D eigenvalue weighted by atomic mass is 35.5. The van der Waals surface area contributed by atoms with Gasteiger partial charge in [0.1, 0.15) is 6.54 Å². The Morgan fingerprint density at radius 1 is 1.04 bits per heavy atom. The molecule has 0 bridgehead atoms. The molecule has 3 rings (SSSR count). The molecule has 0 radical (unpaired) electrons. The Morgan fingerprint density at radius 3 is 2.22 bits per heavy atom. The predicted octanol–water partition coefficient (Wildman–Crippen LogP) is 2.88. The number of hydrogen-bond donors (Lipinski definition) is 1. The first-order chi connectivity index (χ1) is 11.0. The summed E-state index contributed by atoms with van der Waals surface area (Å²) < 4.78 is 0. The van der Waals surface area contributed by atoms with E-state index in [4.69, 9.17) is 11.6 Å². The molecular formula is C17H13ClN2O3. The molecule has 0 saturated heterocycles. The molecule has 0 aliphatic carbocycles. The van der Waals surface area contributed by atoms with E-state index in [1.807, 2.05) is 13.0 Å². The zero-order valence-corrected chi connectivity index (χ0v) is 13.1. The minimum absolute atomic E-state index is 0.319. The van der Waals surface area contributed by atoms with Crippen LogP contribution in [0.1, 0.15) is 26.3 Å². The van der Waals surface area contributed by atoms with Crippen LogP contribution in [-0.4, -0.2) is 29.2 Å². The molecule has 23 heavy (non-hydrogen) atoms. The van der Waals surface area contributed by atoms with Gasteiger partial charge in [0, 0.05) is 0 Å². The van der Waals surface area contributed by atoms with Gasteiger partial charge < -0.3 is 5.32 Å². The normalized spacial score (nSPS) is 13.2. The van der Waals surface area contributed by atoms with Crippen molar-refractivity contribution >= 4 is 35.0 Å². The fourth-order valence-corrected chi connectivity index (χ4v) is 2.76. The van der Waals surface area contributed by atoms with Crippen LogP contribution in [0.4, 0.5) is 5.69 Å². The van der Waals surface area contributed by atoms with E-state index in [-0.39, 0.29) is 6.54 Å². The summed E-state index contributed by atoms with van der Waals surface area (Å²) in [5.41, 5.74) is 1.92. The maximum atomic E-state index is 12.2. The van der Waals surface area contributed by atoms with Gasteiger partial charge in [0.15, 0.2) is 0 Å². The van der Waals surface area contributed by atoms with Gasteiger partial charge in [0.2, 0.25) is 5.91 Å². The average Bonchev–Trinajstić information content (AvgIpc) is 2.77. The van der Waals surface area contributed by atoms with Crippen LogP contribution in [-0.2, 0) is 4.79 Å². The van der Waals surface area contributed by atoms with Gasteiger partial charge >= 0.3 is 0 Å². The van der Waals surface area contributed by atoms with Crippen molar-refractivity contribution < 1.29 is 14.4 Å². The van der Waals surface area contributed by atoms with Gasteiger partial charge in [-0.25, -0.2) is 0 Å². The lowest BCUT2D eigenvalue weighted by molar-refractivity contribution is -0.116. The third-order valence-corrected chi connectivity index (χ3v) is 3.98. The van der Waals surface area contributed by atoms with Gasteiger partial charge in [-0.05, 0) is 30.7 Å². The zero-order chi connectivity index (χ0) is 16.6. The Morgan fingerprint density at radius 2 is 1.65 bits per heavy atom. The van der Waals surface area contributed by atoms with Gasteiger partial charge in [-0.3, -0.25) is 19.3 Å². The number of nitrogens with one attached hydrogen (secondary N) is 1. The summed E-state index contributed by atoms with van der Waals surface area (Å²) in [6, 6.07) is 11.8. The van der Waals surface area contributed by atoms with Crippen molar-refractivity contribution in [3.05, 3.63) is 64.2 Å². The maximum Gasteiger partial charge on any atom is 0.262 e. The monoisotopic (exact) mass is 328 g/mol. The van der Waals surface area contributed by atoms with Crippen LogP contribution in [0, 0.1) is 6.92 Å². The van der Waals surface area contributed by atoms with Gasteiger partial charge in [-0.15, -0.1) is 0 Å². The average molecular weight is 329 g/mol. The van der Waals surface area contributed by atoms with Gasteiger partial charge in [0.25, 0.3) is 11.8 Å². The first-order valence-electron chi connectivity index (χ1n) is 6.99. The van der Waals surface area contributed by atoms with Crippen LogP contribution in [0.3, 0.4) is 0 Å². The predicted molar refractivity (Wildman–Crippen MR) is 86.6 cm³/mol. The Labute approximate surface area is 137 Å². The number of carbonyl (C=O) groups excluding carboxylic acids is 3. The highest BCUT2D eigenvalue weighted by molar-refractivity contribution is 6.34. The van der Waals surface area contributed by atoms with Gasteiger partial charge in [-0.1, -0.05) is 35.9 Å². The highest BCUT2D eigenvalue weighted by Gasteiger charge is 2.36. The van der Waals surface area contributed by atoms with Crippen molar-refractivity contribution in [3.8, 4) is 0 Å². The number of hydrogen-bond acceptors (Lipinski definition) is 3. The molecule has 0 aromatic heterocycles. The van der Waals surface area contributed by atoms with Crippen LogP contribution in [0.25, 0.3) is 0 Å². The van der Waals surface area contributed by atoms with E-state index in [0.29, 0.717) is 21.8 Å². The second-order valence-corrected chi connectivity index (χ2v) is 5.63. The Hall–Kier alpha value is -2.66. The lowest BCUT2D eigenvalue weighted by Crippen LogP contribution is -2.37. The molecule has 0 saturated carbocycles. The minimum Gasteiger partial charge on any atom is -0.323 e. The molecule has 0 spiro atoms. The van der Waals surface area contributed by atoms with Gasteiger partial charge in [0.05, 0.1) is 21.8 Å². The van der Waals surface area contributed by atoms with E-state index >= 15 is 0 Å². The summed E-state index contributed by atoms with van der Waals surface area (Å²) in [5.74, 6) is -1.40. The first-order valence-corrected chi connectivity index (χ1v) is 7.37. The molecule has 0 fully saturated rings. The number of fused-ring (bicyclic) bond motifs is 1. The maximum absolute atomic E-state index is 12.2. The molecule has 1 heterocycles. The Bertz CT molecular complexity index is 777. The zero-order valence-electron chi connectivity index (χ0n) is 12.3. The molecule has 2 aromatic carbocycles. The molecule has 1 N–H and O–H groups in total. The lowest BCUT2D eigenvalue weighted by atomic mass is 10.1. The SMILES string of the molecule is Cc1cccc(Cl)c1NC(=O)CN1C(=O)c2ccccc2C1=O. The summed E-state index contributed by atoms with van der Waals surface area (Å²) in [4.78, 5) is 37.6. The molecule has 0 atom stereocenters. The Kier molecular flexibility index (Phi) is 3.88. The van der Waals surface area contributed by atoms with E-state index in [0.717, 1.165) is 10.5 Å². The molecule has 116 valence electrons. The van der Waals surface area contributed by atoms with Crippen LogP contribution in [0.5, 0.6) is 0 Å². The van der Waals surface area contributed by atoms with Crippen molar-refractivity contribution in [1.82, 2.24) is 4.90 Å². The summed E-state index contributed by atoms with van der Waals surface area (Å²) in [6.07, 6.45) is 0. The molecule has 3 amide bonds. The third kappa shape index (κ3) is 2.71. The van der Waals surface area contributed by atoms with E-state index in [1.165, 1.54) is 0 Å². The largest absolute Gasteiger partial charge is 0.323 e. The second-order valence-electron chi connectivity index (χ2n) is 5.22. The topological polar surface area (TPSA) is 66.5 Å². The molecule has 1 aliphatic heterocycles. The molecular weight excluding hydrogens is 316 g/mol. The number of carbonyl (C=O) groups is 3. The standard InChI is InChI=1S/C17H13ClN2O3/c1-10-5-4-8-13(18)15(10)19-14(21)9-20-16(22)11-6-2-3-7-12(11)17(20)23/h2-8H,9H2,1H3,(H,19,21). The summed E-state index contributed by atoms with van der Waals surface area (Å²) in [7, 11) is 0. The van der Waals surface area contributed by atoms with Crippen LogP contribution in [0.15, 0.2) is 42.5 Å². The van der Waals surface area contributed by atoms with Crippen LogP contribution < -0.4 is 5.32 Å².